The van der Waals surface area contributed by atoms with Crippen LogP contribution in [0.2, 0.25) is 0 Å². The van der Waals surface area contributed by atoms with E-state index in [0.29, 0.717) is 5.04 Å². The number of nitrogens with one attached hydrogen (secondary N) is 1. The van der Waals surface area contributed by atoms with E-state index in [1.165, 1.54) is 17.3 Å². The number of thioether (sulfide) groups is 1. The Morgan fingerprint density at radius 1 is 1.21 bits per heavy atom. The molecule has 29 heavy (non-hydrogen) atoms. The zero-order valence-electron chi connectivity index (χ0n) is 15.8. The third kappa shape index (κ3) is 3.07. The van der Waals surface area contributed by atoms with Gasteiger partial charge in [-0.05, 0) is 68.0 Å². The first-order valence-corrected chi connectivity index (χ1v) is 10.8. The van der Waals surface area contributed by atoms with Crippen molar-refractivity contribution in [1.29, 1.82) is 0 Å². The summed E-state index contributed by atoms with van der Waals surface area (Å²) in [6.07, 6.45) is 4.26. The van der Waals surface area contributed by atoms with E-state index in [9.17, 15) is 13.6 Å². The maximum atomic E-state index is 14.5. The SMILES string of the molecule is O=C(C1CCCN1)N1N=C(c2cc(F)ccc2F)SC12CCCc1ccccc12. The zero-order valence-corrected chi connectivity index (χ0v) is 16.6. The molecule has 0 radical (unpaired) electrons. The van der Waals surface area contributed by atoms with Crippen molar-refractivity contribution in [3.8, 4) is 0 Å². The van der Waals surface area contributed by atoms with E-state index in [-0.39, 0.29) is 17.5 Å². The molecule has 1 amide bonds. The minimum absolute atomic E-state index is 0.0986. The van der Waals surface area contributed by atoms with Gasteiger partial charge in [0.2, 0.25) is 0 Å². The van der Waals surface area contributed by atoms with Crippen LogP contribution in [0.3, 0.4) is 0 Å². The highest BCUT2D eigenvalue weighted by Crippen LogP contribution is 2.54. The summed E-state index contributed by atoms with van der Waals surface area (Å²) < 4.78 is 28.4. The monoisotopic (exact) mass is 413 g/mol. The van der Waals surface area contributed by atoms with E-state index in [0.717, 1.165) is 62.4 Å². The number of hydrogen-bond acceptors (Lipinski definition) is 4. The van der Waals surface area contributed by atoms with Gasteiger partial charge >= 0.3 is 0 Å². The number of nitrogens with zero attached hydrogens (tertiary/aromatic N) is 2. The summed E-state index contributed by atoms with van der Waals surface area (Å²) in [7, 11) is 0. The minimum Gasteiger partial charge on any atom is -0.306 e. The molecule has 150 valence electrons. The van der Waals surface area contributed by atoms with Gasteiger partial charge in [-0.25, -0.2) is 13.8 Å². The normalized spacial score (nSPS) is 25.9. The Morgan fingerprint density at radius 2 is 2.07 bits per heavy atom. The van der Waals surface area contributed by atoms with E-state index in [1.807, 2.05) is 18.2 Å². The molecule has 1 aliphatic carbocycles. The molecule has 2 heterocycles. The summed E-state index contributed by atoms with van der Waals surface area (Å²) in [6.45, 7) is 0.802. The van der Waals surface area contributed by atoms with Crippen LogP contribution in [0, 0.1) is 11.6 Å². The molecule has 0 bridgehead atoms. The van der Waals surface area contributed by atoms with Gasteiger partial charge in [-0.15, -0.1) is 0 Å². The average molecular weight is 413 g/mol. The number of fused-ring (bicyclic) bond motifs is 2. The van der Waals surface area contributed by atoms with Crippen molar-refractivity contribution >= 4 is 22.7 Å². The number of hydrazone groups is 1. The number of hydrogen-bond donors (Lipinski definition) is 1. The number of halogens is 2. The highest BCUT2D eigenvalue weighted by atomic mass is 32.2. The molecule has 0 aromatic heterocycles. The molecule has 1 spiro atoms. The molecule has 3 aliphatic rings. The Labute approximate surface area is 172 Å². The molecular formula is C22H21F2N3OS. The molecule has 2 aromatic rings. The second-order valence-corrected chi connectivity index (χ2v) is 8.99. The Kier molecular flexibility index (Phi) is 4.67. The zero-order chi connectivity index (χ0) is 20.0. The lowest BCUT2D eigenvalue weighted by molar-refractivity contribution is -0.137. The van der Waals surface area contributed by atoms with Crippen LogP contribution in [0.5, 0.6) is 0 Å². The van der Waals surface area contributed by atoms with Gasteiger partial charge in [0.25, 0.3) is 5.91 Å². The number of carbonyl (C=O) groups is 1. The second kappa shape index (κ2) is 7.22. The van der Waals surface area contributed by atoms with Crippen LogP contribution in [0.25, 0.3) is 0 Å². The quantitative estimate of drug-likeness (QED) is 0.805. The summed E-state index contributed by atoms with van der Waals surface area (Å²) in [5.41, 5.74) is 2.32. The van der Waals surface area contributed by atoms with Crippen LogP contribution in [-0.2, 0) is 16.1 Å². The van der Waals surface area contributed by atoms with Crippen molar-refractivity contribution in [2.75, 3.05) is 6.54 Å². The Hall–Kier alpha value is -2.25. The van der Waals surface area contributed by atoms with Crippen LogP contribution >= 0.6 is 11.8 Å². The summed E-state index contributed by atoms with van der Waals surface area (Å²) in [5.74, 6) is -1.16. The first-order chi connectivity index (χ1) is 14.1. The molecule has 2 unspecified atom stereocenters. The predicted molar refractivity (Wildman–Crippen MR) is 109 cm³/mol. The largest absolute Gasteiger partial charge is 0.306 e. The van der Waals surface area contributed by atoms with Crippen LogP contribution in [0.1, 0.15) is 42.4 Å². The summed E-state index contributed by atoms with van der Waals surface area (Å²) in [4.78, 5) is 12.7. The molecule has 2 aliphatic heterocycles. The molecule has 1 N–H and O–H groups in total. The highest BCUT2D eigenvalue weighted by Gasteiger charge is 2.52. The molecular weight excluding hydrogens is 392 g/mol. The van der Waals surface area contributed by atoms with Crippen LogP contribution in [0.15, 0.2) is 47.6 Å². The van der Waals surface area contributed by atoms with Crippen molar-refractivity contribution < 1.29 is 13.6 Å². The topological polar surface area (TPSA) is 44.7 Å². The van der Waals surface area contributed by atoms with Crippen LogP contribution in [0.4, 0.5) is 8.78 Å². The molecule has 1 saturated heterocycles. The number of amides is 1. The Bertz CT molecular complexity index is 1010. The summed E-state index contributed by atoms with van der Waals surface area (Å²) >= 11 is 1.37. The van der Waals surface area contributed by atoms with Crippen molar-refractivity contribution in [1.82, 2.24) is 10.3 Å². The lowest BCUT2D eigenvalue weighted by Gasteiger charge is -2.40. The van der Waals surface area contributed by atoms with Gasteiger partial charge in [-0.2, -0.15) is 5.10 Å². The predicted octanol–water partition coefficient (Wildman–Crippen LogP) is 4.14. The number of rotatable bonds is 2. The van der Waals surface area contributed by atoms with E-state index in [1.54, 1.807) is 5.01 Å². The van der Waals surface area contributed by atoms with Gasteiger partial charge in [0.15, 0.2) is 0 Å². The number of aryl methyl sites for hydroxylation is 1. The Balaban J connectivity index is 1.63. The summed E-state index contributed by atoms with van der Waals surface area (Å²) in [5, 5.41) is 9.75. The Morgan fingerprint density at radius 3 is 2.90 bits per heavy atom. The molecule has 0 saturated carbocycles. The maximum Gasteiger partial charge on any atom is 0.261 e. The highest BCUT2D eigenvalue weighted by molar-refractivity contribution is 8.15. The number of carbonyl (C=O) groups excluding carboxylic acids is 1. The smallest absolute Gasteiger partial charge is 0.261 e. The lowest BCUT2D eigenvalue weighted by atomic mass is 9.86. The first-order valence-electron chi connectivity index (χ1n) is 9.97. The fourth-order valence-corrected chi connectivity index (χ4v) is 6.02. The molecule has 2 aromatic carbocycles. The van der Waals surface area contributed by atoms with Gasteiger partial charge in [0, 0.05) is 5.56 Å². The van der Waals surface area contributed by atoms with Crippen molar-refractivity contribution in [3.05, 3.63) is 70.8 Å². The van der Waals surface area contributed by atoms with Crippen molar-refractivity contribution in [2.24, 2.45) is 5.10 Å². The molecule has 4 nitrogen and oxygen atoms in total. The van der Waals surface area contributed by atoms with Gasteiger partial charge in [0.05, 0.1) is 6.04 Å². The molecule has 2 atom stereocenters. The van der Waals surface area contributed by atoms with Gasteiger partial charge < -0.3 is 5.32 Å². The lowest BCUT2D eigenvalue weighted by Crippen LogP contribution is -2.49. The fraction of sp³-hybridized carbons (Fsp3) is 0.364. The van der Waals surface area contributed by atoms with E-state index in [2.05, 4.69) is 16.5 Å². The molecule has 7 heteroatoms. The second-order valence-electron chi connectivity index (χ2n) is 7.73. The number of benzene rings is 2. The molecule has 5 rings (SSSR count). The first kappa shape index (κ1) is 18.8. The van der Waals surface area contributed by atoms with Crippen LogP contribution in [-0.4, -0.2) is 28.5 Å². The third-order valence-corrected chi connectivity index (χ3v) is 7.35. The van der Waals surface area contributed by atoms with Crippen molar-refractivity contribution in [2.45, 2.75) is 43.0 Å². The molecule has 1 fully saturated rings. The van der Waals surface area contributed by atoms with E-state index in [4.69, 9.17) is 0 Å². The standard InChI is InChI=1S/C22H21F2N3OS/c23-15-9-10-18(24)16(13-15)20-26-27(21(28)19-8-4-12-25-19)22(29-20)11-3-6-14-5-1-2-7-17(14)22/h1-2,5,7,9-10,13,19,25H,3-4,6,8,11-12H2. The van der Waals surface area contributed by atoms with Crippen molar-refractivity contribution in [3.63, 3.8) is 0 Å². The van der Waals surface area contributed by atoms with E-state index < -0.39 is 16.5 Å². The minimum atomic E-state index is -0.718. The fourth-order valence-electron chi connectivity index (χ4n) is 4.53. The average Bonchev–Trinajstić information content (AvgIpc) is 3.39. The van der Waals surface area contributed by atoms with Gasteiger partial charge in [-0.3, -0.25) is 4.79 Å². The van der Waals surface area contributed by atoms with Gasteiger partial charge in [-0.1, -0.05) is 36.0 Å². The summed E-state index contributed by atoms with van der Waals surface area (Å²) in [6, 6.07) is 11.1. The maximum absolute atomic E-state index is 14.5. The van der Waals surface area contributed by atoms with Gasteiger partial charge in [0.1, 0.15) is 21.5 Å². The third-order valence-electron chi connectivity index (χ3n) is 5.92. The van der Waals surface area contributed by atoms with Crippen LogP contribution < -0.4 is 5.32 Å². The van der Waals surface area contributed by atoms with E-state index >= 15 is 0 Å².